The first-order valence-electron chi connectivity index (χ1n) is 8.92. The lowest BCUT2D eigenvalue weighted by Crippen LogP contribution is -2.34. The van der Waals surface area contributed by atoms with E-state index in [4.69, 9.17) is 4.98 Å². The first kappa shape index (κ1) is 15.2. The number of rotatable bonds is 2. The Balaban J connectivity index is 1.39. The summed E-state index contributed by atoms with van der Waals surface area (Å²) in [4.78, 5) is 20.2. The van der Waals surface area contributed by atoms with Gasteiger partial charge in [0, 0.05) is 48.0 Å². The summed E-state index contributed by atoms with van der Waals surface area (Å²) in [5, 5.41) is 5.42. The Bertz CT molecular complexity index is 1080. The standard InChI is InChI=1S/C19H19N7/c1-13-11-17(26-19(23-13)21-12-22-26)25-9-6-14(7-10-25)16-5-4-15-3-2-8-20-18(15)24-16/h2-5,8,11-12,14H,6-7,9-10H2,1H3. The van der Waals surface area contributed by atoms with E-state index in [9.17, 15) is 0 Å². The molecule has 0 amide bonds. The third-order valence-corrected chi connectivity index (χ3v) is 5.08. The first-order valence-corrected chi connectivity index (χ1v) is 8.92. The summed E-state index contributed by atoms with van der Waals surface area (Å²) in [5.41, 5.74) is 2.94. The van der Waals surface area contributed by atoms with Gasteiger partial charge in [-0.05, 0) is 44.0 Å². The second-order valence-corrected chi connectivity index (χ2v) is 6.78. The SMILES string of the molecule is Cc1cc(N2CCC(c3ccc4cccnc4n3)CC2)n2ncnc2n1. The van der Waals surface area contributed by atoms with Gasteiger partial charge in [0.1, 0.15) is 12.1 Å². The summed E-state index contributed by atoms with van der Waals surface area (Å²) in [7, 11) is 0. The summed E-state index contributed by atoms with van der Waals surface area (Å²) in [6.45, 7) is 3.92. The van der Waals surface area contributed by atoms with Crippen molar-refractivity contribution in [1.82, 2.24) is 29.5 Å². The van der Waals surface area contributed by atoms with Gasteiger partial charge in [0.15, 0.2) is 5.65 Å². The van der Waals surface area contributed by atoms with Crippen LogP contribution in [0.5, 0.6) is 0 Å². The van der Waals surface area contributed by atoms with Crippen LogP contribution in [0, 0.1) is 6.92 Å². The largest absolute Gasteiger partial charge is 0.356 e. The van der Waals surface area contributed by atoms with Gasteiger partial charge in [-0.15, -0.1) is 0 Å². The second-order valence-electron chi connectivity index (χ2n) is 6.78. The molecule has 7 nitrogen and oxygen atoms in total. The first-order chi connectivity index (χ1) is 12.8. The van der Waals surface area contributed by atoms with Gasteiger partial charge in [0.05, 0.1) is 0 Å². The minimum atomic E-state index is 0.465. The Morgan fingerprint density at radius 1 is 1.04 bits per heavy atom. The average Bonchev–Trinajstić information content (AvgIpc) is 3.15. The molecule has 0 bridgehead atoms. The smallest absolute Gasteiger partial charge is 0.254 e. The normalized spacial score (nSPS) is 15.8. The Morgan fingerprint density at radius 2 is 1.92 bits per heavy atom. The molecular formula is C19H19N7. The molecule has 0 N–H and O–H groups in total. The molecule has 0 aliphatic carbocycles. The Morgan fingerprint density at radius 3 is 2.81 bits per heavy atom. The van der Waals surface area contributed by atoms with E-state index in [1.54, 1.807) is 12.5 Å². The zero-order valence-corrected chi connectivity index (χ0v) is 14.6. The summed E-state index contributed by atoms with van der Waals surface area (Å²) in [6, 6.07) is 10.4. The van der Waals surface area contributed by atoms with Crippen LogP contribution in [-0.4, -0.2) is 42.6 Å². The zero-order chi connectivity index (χ0) is 17.5. The van der Waals surface area contributed by atoms with Gasteiger partial charge < -0.3 is 4.90 Å². The molecule has 0 saturated carbocycles. The Labute approximate surface area is 150 Å². The molecule has 5 heterocycles. The van der Waals surface area contributed by atoms with E-state index in [1.807, 2.05) is 17.5 Å². The van der Waals surface area contributed by atoms with Crippen LogP contribution >= 0.6 is 0 Å². The minimum absolute atomic E-state index is 0.465. The number of hydrogen-bond donors (Lipinski definition) is 0. The molecule has 4 aromatic rings. The van der Waals surface area contributed by atoms with E-state index in [-0.39, 0.29) is 0 Å². The average molecular weight is 345 g/mol. The number of aryl methyl sites for hydroxylation is 1. The van der Waals surface area contributed by atoms with Crippen LogP contribution in [0.1, 0.15) is 30.1 Å². The van der Waals surface area contributed by atoms with E-state index in [0.29, 0.717) is 11.7 Å². The van der Waals surface area contributed by atoms with Crippen LogP contribution in [0.25, 0.3) is 16.8 Å². The van der Waals surface area contributed by atoms with Crippen molar-refractivity contribution in [2.45, 2.75) is 25.7 Å². The van der Waals surface area contributed by atoms with Crippen molar-refractivity contribution in [1.29, 1.82) is 0 Å². The van der Waals surface area contributed by atoms with Crippen LogP contribution in [0.15, 0.2) is 42.9 Å². The van der Waals surface area contributed by atoms with Crippen molar-refractivity contribution in [3.63, 3.8) is 0 Å². The van der Waals surface area contributed by atoms with Crippen molar-refractivity contribution in [3.05, 3.63) is 54.2 Å². The predicted octanol–water partition coefficient (Wildman–Crippen LogP) is 2.76. The zero-order valence-electron chi connectivity index (χ0n) is 14.6. The number of nitrogens with zero attached hydrogens (tertiary/aromatic N) is 7. The molecule has 7 heteroatoms. The second kappa shape index (κ2) is 6.01. The highest BCUT2D eigenvalue weighted by atomic mass is 15.4. The van der Waals surface area contributed by atoms with E-state index in [0.717, 1.165) is 54.2 Å². The lowest BCUT2D eigenvalue weighted by atomic mass is 9.93. The molecule has 1 fully saturated rings. The fraction of sp³-hybridized carbons (Fsp3) is 0.316. The van der Waals surface area contributed by atoms with Crippen LogP contribution in [0.3, 0.4) is 0 Å². The Kier molecular flexibility index (Phi) is 3.51. The third-order valence-electron chi connectivity index (χ3n) is 5.08. The van der Waals surface area contributed by atoms with Gasteiger partial charge in [-0.3, -0.25) is 0 Å². The minimum Gasteiger partial charge on any atom is -0.356 e. The highest BCUT2D eigenvalue weighted by Gasteiger charge is 2.24. The molecule has 26 heavy (non-hydrogen) atoms. The quantitative estimate of drug-likeness (QED) is 0.556. The maximum Gasteiger partial charge on any atom is 0.254 e. The lowest BCUT2D eigenvalue weighted by molar-refractivity contribution is 0.492. The number of fused-ring (bicyclic) bond motifs is 2. The highest BCUT2D eigenvalue weighted by molar-refractivity contribution is 5.74. The van der Waals surface area contributed by atoms with E-state index >= 15 is 0 Å². The number of piperidine rings is 1. The van der Waals surface area contributed by atoms with Gasteiger partial charge >= 0.3 is 0 Å². The van der Waals surface area contributed by atoms with Crippen molar-refractivity contribution in [3.8, 4) is 0 Å². The van der Waals surface area contributed by atoms with Crippen molar-refractivity contribution in [2.75, 3.05) is 18.0 Å². The molecule has 1 aliphatic heterocycles. The van der Waals surface area contributed by atoms with Gasteiger partial charge in [-0.25, -0.2) is 15.0 Å². The molecule has 0 spiro atoms. The van der Waals surface area contributed by atoms with Gasteiger partial charge in [-0.2, -0.15) is 14.6 Å². The summed E-state index contributed by atoms with van der Waals surface area (Å²) < 4.78 is 1.82. The third kappa shape index (κ3) is 2.56. The monoisotopic (exact) mass is 345 g/mol. The van der Waals surface area contributed by atoms with Crippen molar-refractivity contribution in [2.24, 2.45) is 0 Å². The maximum atomic E-state index is 4.79. The summed E-state index contributed by atoms with van der Waals surface area (Å²) in [6.07, 6.45) is 5.48. The predicted molar refractivity (Wildman–Crippen MR) is 99.2 cm³/mol. The number of aromatic nitrogens is 6. The molecule has 4 aromatic heterocycles. The van der Waals surface area contributed by atoms with Crippen LogP contribution in [0.2, 0.25) is 0 Å². The topological polar surface area (TPSA) is 72.1 Å². The fourth-order valence-electron chi connectivity index (χ4n) is 3.74. The van der Waals surface area contributed by atoms with Crippen LogP contribution < -0.4 is 4.90 Å². The number of anilines is 1. The molecule has 0 unspecified atom stereocenters. The van der Waals surface area contributed by atoms with Crippen LogP contribution in [0.4, 0.5) is 5.82 Å². The molecule has 0 atom stereocenters. The summed E-state index contributed by atoms with van der Waals surface area (Å²) in [5.74, 6) is 2.19. The fourth-order valence-corrected chi connectivity index (χ4v) is 3.74. The molecule has 130 valence electrons. The Hall–Kier alpha value is -3.09. The molecule has 0 radical (unpaired) electrons. The van der Waals surface area contributed by atoms with E-state index < -0.39 is 0 Å². The maximum absolute atomic E-state index is 4.79. The number of hydrogen-bond acceptors (Lipinski definition) is 6. The van der Waals surface area contributed by atoms with E-state index in [2.05, 4.69) is 49.2 Å². The molecule has 1 aliphatic rings. The molecule has 0 aromatic carbocycles. The highest BCUT2D eigenvalue weighted by Crippen LogP contribution is 2.30. The van der Waals surface area contributed by atoms with Gasteiger partial charge in [-0.1, -0.05) is 0 Å². The number of pyridine rings is 2. The van der Waals surface area contributed by atoms with E-state index in [1.165, 1.54) is 0 Å². The van der Waals surface area contributed by atoms with Crippen molar-refractivity contribution >= 4 is 22.6 Å². The van der Waals surface area contributed by atoms with Crippen molar-refractivity contribution < 1.29 is 0 Å². The molecular weight excluding hydrogens is 326 g/mol. The van der Waals surface area contributed by atoms with Gasteiger partial charge in [0.25, 0.3) is 5.78 Å². The van der Waals surface area contributed by atoms with Crippen LogP contribution in [-0.2, 0) is 0 Å². The lowest BCUT2D eigenvalue weighted by Gasteiger charge is -2.33. The summed E-state index contributed by atoms with van der Waals surface area (Å²) >= 11 is 0. The van der Waals surface area contributed by atoms with Gasteiger partial charge in [0.2, 0.25) is 0 Å². The molecule has 5 rings (SSSR count). The molecule has 1 saturated heterocycles.